The maximum Gasteiger partial charge on any atom is 0.00103 e. The van der Waals surface area contributed by atoms with Gasteiger partial charge in [0.05, 0.1) is 0 Å². The highest BCUT2D eigenvalue weighted by atomic mass is 14.9. The quantitative estimate of drug-likeness (QED) is 0.539. The maximum atomic E-state index is 3.44. The molecule has 0 aromatic rings. The molecule has 2 heteroatoms. The van der Waals surface area contributed by atoms with Crippen LogP contribution in [0.2, 0.25) is 0 Å². The zero-order valence-corrected chi connectivity index (χ0v) is 9.53. The number of hydrogen-bond acceptors (Lipinski definition) is 2. The predicted octanol–water partition coefficient (Wildman–Crippen LogP) is 2.15. The summed E-state index contributed by atoms with van der Waals surface area (Å²) in [5.41, 5.74) is 0. The van der Waals surface area contributed by atoms with Crippen molar-refractivity contribution in [3.05, 3.63) is 0 Å². The number of unbranched alkanes of at least 4 members (excludes halogenated alkanes) is 4. The molecule has 0 unspecified atom stereocenters. The minimum atomic E-state index is 0.643. The van der Waals surface area contributed by atoms with Crippen molar-refractivity contribution in [2.45, 2.75) is 52.0 Å². The lowest BCUT2D eigenvalue weighted by molar-refractivity contribution is 0.534. The van der Waals surface area contributed by atoms with Crippen molar-refractivity contribution in [1.29, 1.82) is 0 Å². The highest BCUT2D eigenvalue weighted by Gasteiger charge is 1.92. The number of nitrogens with one attached hydrogen (secondary N) is 2. The van der Waals surface area contributed by atoms with Gasteiger partial charge in [-0.15, -0.1) is 0 Å². The molecule has 0 aliphatic rings. The molecule has 0 amide bonds. The Morgan fingerprint density at radius 3 is 1.92 bits per heavy atom. The molecule has 0 bridgehead atoms. The molecule has 0 spiro atoms. The second-order valence-electron chi connectivity index (χ2n) is 3.98. The Balaban J connectivity index is 2.84. The van der Waals surface area contributed by atoms with E-state index < -0.39 is 0 Å². The zero-order chi connectivity index (χ0) is 9.94. The largest absolute Gasteiger partial charge is 0.320 e. The zero-order valence-electron chi connectivity index (χ0n) is 9.53. The van der Waals surface area contributed by atoms with Crippen LogP contribution in [0.5, 0.6) is 0 Å². The van der Waals surface area contributed by atoms with Gasteiger partial charge in [0.1, 0.15) is 0 Å². The summed E-state index contributed by atoms with van der Waals surface area (Å²) >= 11 is 0. The van der Waals surface area contributed by atoms with Crippen molar-refractivity contribution >= 4 is 0 Å². The normalized spacial score (nSPS) is 11.1. The van der Waals surface area contributed by atoms with Crippen LogP contribution in [0.3, 0.4) is 0 Å². The molecule has 0 aliphatic carbocycles. The lowest BCUT2D eigenvalue weighted by atomic mass is 10.1. The first-order valence-electron chi connectivity index (χ1n) is 5.65. The first kappa shape index (κ1) is 12.9. The molecule has 13 heavy (non-hydrogen) atoms. The Bertz CT molecular complexity index is 92.1. The molecule has 0 atom stereocenters. The molecule has 0 aromatic heterocycles. The summed E-state index contributed by atoms with van der Waals surface area (Å²) in [6.07, 6.45) is 6.80. The molecule has 0 heterocycles. The summed E-state index contributed by atoms with van der Waals surface area (Å²) in [6, 6.07) is 0.643. The van der Waals surface area contributed by atoms with Crippen LogP contribution >= 0.6 is 0 Å². The van der Waals surface area contributed by atoms with Crippen molar-refractivity contribution in [3.63, 3.8) is 0 Å². The molecule has 0 saturated carbocycles. The van der Waals surface area contributed by atoms with Crippen LogP contribution in [0.15, 0.2) is 0 Å². The molecule has 80 valence electrons. The van der Waals surface area contributed by atoms with Gasteiger partial charge in [-0.25, -0.2) is 0 Å². The second-order valence-corrected chi connectivity index (χ2v) is 3.98. The Morgan fingerprint density at radius 1 is 0.846 bits per heavy atom. The summed E-state index contributed by atoms with van der Waals surface area (Å²) in [7, 11) is 2.02. The third kappa shape index (κ3) is 11.9. The highest BCUT2D eigenvalue weighted by Crippen LogP contribution is 2.01. The molecule has 0 rings (SSSR count). The van der Waals surface area contributed by atoms with E-state index in [9.17, 15) is 0 Å². The molecule has 2 N–H and O–H groups in total. The highest BCUT2D eigenvalue weighted by molar-refractivity contribution is 4.53. The van der Waals surface area contributed by atoms with Gasteiger partial charge in [0.15, 0.2) is 0 Å². The van der Waals surface area contributed by atoms with Crippen LogP contribution in [0.4, 0.5) is 0 Å². The Labute approximate surface area is 83.5 Å². The van der Waals surface area contributed by atoms with Crippen LogP contribution in [-0.2, 0) is 0 Å². The lowest BCUT2D eigenvalue weighted by Crippen LogP contribution is -2.23. The molecule has 0 aliphatic heterocycles. The molecule has 2 nitrogen and oxygen atoms in total. The topological polar surface area (TPSA) is 24.1 Å². The average Bonchev–Trinajstić information content (AvgIpc) is 2.09. The van der Waals surface area contributed by atoms with E-state index in [4.69, 9.17) is 0 Å². The van der Waals surface area contributed by atoms with E-state index >= 15 is 0 Å². The molecular formula is C11H26N2. The van der Waals surface area contributed by atoms with Crippen LogP contribution in [0, 0.1) is 0 Å². The van der Waals surface area contributed by atoms with Gasteiger partial charge in [-0.2, -0.15) is 0 Å². The fraction of sp³-hybridized carbons (Fsp3) is 1.00. The smallest absolute Gasteiger partial charge is 0.00103 e. The summed E-state index contributed by atoms with van der Waals surface area (Å²) < 4.78 is 0. The van der Waals surface area contributed by atoms with E-state index in [0.29, 0.717) is 6.04 Å². The van der Waals surface area contributed by atoms with Crippen molar-refractivity contribution in [3.8, 4) is 0 Å². The predicted molar refractivity (Wildman–Crippen MR) is 60.2 cm³/mol. The number of rotatable bonds is 9. The molecule has 0 radical (unpaired) electrons. The molecule has 0 saturated heterocycles. The van der Waals surface area contributed by atoms with Crippen molar-refractivity contribution < 1.29 is 0 Å². The summed E-state index contributed by atoms with van der Waals surface area (Å²) in [4.78, 5) is 0. The van der Waals surface area contributed by atoms with Gasteiger partial charge in [-0.3, -0.25) is 0 Å². The van der Waals surface area contributed by atoms with Crippen molar-refractivity contribution in [2.24, 2.45) is 0 Å². The lowest BCUT2D eigenvalue weighted by Gasteiger charge is -2.07. The summed E-state index contributed by atoms with van der Waals surface area (Å²) in [5, 5.41) is 6.61. The molecule has 0 aromatic carbocycles. The molecule has 0 fully saturated rings. The van der Waals surface area contributed by atoms with E-state index in [-0.39, 0.29) is 0 Å². The SMILES string of the molecule is CNCCCCCCCNC(C)C. The second kappa shape index (κ2) is 10.0. The van der Waals surface area contributed by atoms with Crippen molar-refractivity contribution in [1.82, 2.24) is 10.6 Å². The fourth-order valence-corrected chi connectivity index (χ4v) is 1.35. The Hall–Kier alpha value is -0.0800. The van der Waals surface area contributed by atoms with Gasteiger partial charge in [0, 0.05) is 6.04 Å². The van der Waals surface area contributed by atoms with E-state index in [1.54, 1.807) is 0 Å². The standard InChI is InChI=1S/C11H26N2/c1-11(2)13-10-8-6-4-5-7-9-12-3/h11-13H,4-10H2,1-3H3. The minimum absolute atomic E-state index is 0.643. The monoisotopic (exact) mass is 186 g/mol. The van der Waals surface area contributed by atoms with E-state index in [2.05, 4.69) is 24.5 Å². The molecular weight excluding hydrogens is 160 g/mol. The first-order valence-corrected chi connectivity index (χ1v) is 5.65. The third-order valence-electron chi connectivity index (χ3n) is 2.16. The average molecular weight is 186 g/mol. The van der Waals surface area contributed by atoms with Gasteiger partial charge in [0.25, 0.3) is 0 Å². The van der Waals surface area contributed by atoms with Crippen LogP contribution in [0.1, 0.15) is 46.0 Å². The van der Waals surface area contributed by atoms with Crippen LogP contribution in [0.25, 0.3) is 0 Å². The van der Waals surface area contributed by atoms with Gasteiger partial charge in [-0.05, 0) is 33.0 Å². The van der Waals surface area contributed by atoms with Crippen LogP contribution < -0.4 is 10.6 Å². The Morgan fingerprint density at radius 2 is 1.38 bits per heavy atom. The summed E-state index contributed by atoms with van der Waals surface area (Å²) in [6.45, 7) is 6.76. The van der Waals surface area contributed by atoms with Gasteiger partial charge < -0.3 is 10.6 Å². The fourth-order valence-electron chi connectivity index (χ4n) is 1.35. The van der Waals surface area contributed by atoms with Crippen LogP contribution in [-0.4, -0.2) is 26.2 Å². The van der Waals surface area contributed by atoms with Gasteiger partial charge in [-0.1, -0.05) is 33.1 Å². The minimum Gasteiger partial charge on any atom is -0.320 e. The van der Waals surface area contributed by atoms with E-state index in [0.717, 1.165) is 0 Å². The maximum absolute atomic E-state index is 3.44. The number of hydrogen-bond donors (Lipinski definition) is 2. The van der Waals surface area contributed by atoms with Crippen molar-refractivity contribution in [2.75, 3.05) is 20.1 Å². The van der Waals surface area contributed by atoms with Gasteiger partial charge >= 0.3 is 0 Å². The Kier molecular flexibility index (Phi) is 9.94. The van der Waals surface area contributed by atoms with E-state index in [1.165, 1.54) is 45.2 Å². The first-order chi connectivity index (χ1) is 6.27. The summed E-state index contributed by atoms with van der Waals surface area (Å²) in [5.74, 6) is 0. The van der Waals surface area contributed by atoms with E-state index in [1.807, 2.05) is 7.05 Å². The van der Waals surface area contributed by atoms with Gasteiger partial charge in [0.2, 0.25) is 0 Å². The third-order valence-corrected chi connectivity index (χ3v) is 2.16.